The van der Waals surface area contributed by atoms with Gasteiger partial charge in [-0.25, -0.2) is 0 Å². The second kappa shape index (κ2) is 4.36. The van der Waals surface area contributed by atoms with Crippen molar-refractivity contribution in [2.75, 3.05) is 17.6 Å². The minimum absolute atomic E-state index is 0.372. The van der Waals surface area contributed by atoms with Crippen LogP contribution in [0.1, 0.15) is 27.2 Å². The highest BCUT2D eigenvalue weighted by molar-refractivity contribution is 5.65. The maximum absolute atomic E-state index is 5.81. The van der Waals surface area contributed by atoms with Crippen molar-refractivity contribution in [3.63, 3.8) is 0 Å². The predicted octanol–water partition coefficient (Wildman–Crippen LogP) is 3.12. The maximum atomic E-state index is 5.81. The van der Waals surface area contributed by atoms with Gasteiger partial charge >= 0.3 is 0 Å². The first kappa shape index (κ1) is 10.9. The third kappa shape index (κ3) is 3.69. The molecule has 1 aromatic rings. The molecule has 0 spiro atoms. The van der Waals surface area contributed by atoms with Gasteiger partial charge in [0.25, 0.3) is 0 Å². The molecule has 0 aliphatic rings. The van der Waals surface area contributed by atoms with E-state index in [1.165, 1.54) is 0 Å². The lowest BCUT2D eigenvalue weighted by Crippen LogP contribution is -2.13. The van der Waals surface area contributed by atoms with E-state index in [0.717, 1.165) is 24.3 Å². The van der Waals surface area contributed by atoms with E-state index in [4.69, 9.17) is 5.73 Å². The van der Waals surface area contributed by atoms with E-state index in [0.29, 0.717) is 5.41 Å². The number of para-hydroxylation sites is 2. The van der Waals surface area contributed by atoms with Crippen molar-refractivity contribution in [2.24, 2.45) is 5.41 Å². The second-order valence-electron chi connectivity index (χ2n) is 4.82. The molecule has 0 unspecified atom stereocenters. The van der Waals surface area contributed by atoms with Crippen LogP contribution in [0.4, 0.5) is 11.4 Å². The fourth-order valence-electron chi connectivity index (χ4n) is 1.23. The number of benzene rings is 1. The first-order valence-corrected chi connectivity index (χ1v) is 5.07. The Morgan fingerprint density at radius 3 is 2.43 bits per heavy atom. The molecule has 0 amide bonds. The molecule has 14 heavy (non-hydrogen) atoms. The molecule has 0 aromatic heterocycles. The number of nitrogens with two attached hydrogens (primary N) is 1. The number of anilines is 2. The summed E-state index contributed by atoms with van der Waals surface area (Å²) in [6.45, 7) is 7.69. The third-order valence-corrected chi connectivity index (χ3v) is 2.15. The van der Waals surface area contributed by atoms with Crippen molar-refractivity contribution in [3.8, 4) is 0 Å². The van der Waals surface area contributed by atoms with Crippen LogP contribution in [0, 0.1) is 5.41 Å². The lowest BCUT2D eigenvalue weighted by atomic mass is 9.92. The molecule has 0 radical (unpaired) electrons. The van der Waals surface area contributed by atoms with Gasteiger partial charge in [-0.05, 0) is 24.0 Å². The molecule has 0 bridgehead atoms. The maximum Gasteiger partial charge on any atom is 0.0573 e. The Morgan fingerprint density at radius 2 is 1.86 bits per heavy atom. The fraction of sp³-hybridized carbons (Fsp3) is 0.500. The zero-order valence-electron chi connectivity index (χ0n) is 9.30. The van der Waals surface area contributed by atoms with Crippen LogP contribution in [0.5, 0.6) is 0 Å². The number of hydrogen-bond donors (Lipinski definition) is 2. The van der Waals surface area contributed by atoms with Crippen LogP contribution in [0.15, 0.2) is 24.3 Å². The summed E-state index contributed by atoms with van der Waals surface area (Å²) in [5, 5.41) is 3.34. The molecule has 1 aromatic carbocycles. The smallest absolute Gasteiger partial charge is 0.0573 e. The third-order valence-electron chi connectivity index (χ3n) is 2.15. The van der Waals surface area contributed by atoms with E-state index < -0.39 is 0 Å². The SMILES string of the molecule is CC(C)(C)CCNc1ccccc1N. The summed E-state index contributed by atoms with van der Waals surface area (Å²) in [5.74, 6) is 0. The van der Waals surface area contributed by atoms with Gasteiger partial charge < -0.3 is 11.1 Å². The van der Waals surface area contributed by atoms with Crippen LogP contribution < -0.4 is 11.1 Å². The minimum atomic E-state index is 0.372. The standard InChI is InChI=1S/C12H20N2/c1-12(2,3)8-9-14-11-7-5-4-6-10(11)13/h4-7,14H,8-9,13H2,1-3H3. The van der Waals surface area contributed by atoms with Gasteiger partial charge in [-0.15, -0.1) is 0 Å². The van der Waals surface area contributed by atoms with Crippen LogP contribution in [0.2, 0.25) is 0 Å². The molecule has 0 saturated carbocycles. The monoisotopic (exact) mass is 192 g/mol. The Hall–Kier alpha value is -1.18. The van der Waals surface area contributed by atoms with Crippen molar-refractivity contribution < 1.29 is 0 Å². The summed E-state index contributed by atoms with van der Waals surface area (Å²) in [6.07, 6.45) is 1.14. The van der Waals surface area contributed by atoms with Crippen LogP contribution in [0.3, 0.4) is 0 Å². The first-order valence-electron chi connectivity index (χ1n) is 5.07. The summed E-state index contributed by atoms with van der Waals surface area (Å²) < 4.78 is 0. The molecule has 2 nitrogen and oxygen atoms in total. The van der Waals surface area contributed by atoms with Crippen LogP contribution in [0.25, 0.3) is 0 Å². The van der Waals surface area contributed by atoms with E-state index in [1.54, 1.807) is 0 Å². The summed E-state index contributed by atoms with van der Waals surface area (Å²) in [7, 11) is 0. The summed E-state index contributed by atoms with van der Waals surface area (Å²) in [4.78, 5) is 0. The number of nitrogen functional groups attached to an aromatic ring is 1. The first-order chi connectivity index (χ1) is 6.49. The largest absolute Gasteiger partial charge is 0.397 e. The second-order valence-corrected chi connectivity index (χ2v) is 4.82. The van der Waals surface area contributed by atoms with Gasteiger partial charge in [0.15, 0.2) is 0 Å². The highest BCUT2D eigenvalue weighted by atomic mass is 14.9. The van der Waals surface area contributed by atoms with Gasteiger partial charge in [0, 0.05) is 6.54 Å². The van der Waals surface area contributed by atoms with Gasteiger partial charge in [0.05, 0.1) is 11.4 Å². The molecule has 0 atom stereocenters. The Labute approximate surface area is 86.5 Å². The van der Waals surface area contributed by atoms with E-state index in [9.17, 15) is 0 Å². The zero-order chi connectivity index (χ0) is 10.6. The summed E-state index contributed by atoms with van der Waals surface area (Å²) in [5.41, 5.74) is 8.04. The number of nitrogens with one attached hydrogen (secondary N) is 1. The van der Waals surface area contributed by atoms with Crippen molar-refractivity contribution in [2.45, 2.75) is 27.2 Å². The highest BCUT2D eigenvalue weighted by Crippen LogP contribution is 2.20. The summed E-state index contributed by atoms with van der Waals surface area (Å²) >= 11 is 0. The molecule has 0 aliphatic carbocycles. The van der Waals surface area contributed by atoms with Gasteiger partial charge in [0.1, 0.15) is 0 Å². The fourth-order valence-corrected chi connectivity index (χ4v) is 1.23. The predicted molar refractivity (Wildman–Crippen MR) is 63.4 cm³/mol. The van der Waals surface area contributed by atoms with E-state index >= 15 is 0 Å². The summed E-state index contributed by atoms with van der Waals surface area (Å²) in [6, 6.07) is 7.87. The molecule has 0 heterocycles. The average Bonchev–Trinajstić information content (AvgIpc) is 2.06. The molecule has 3 N–H and O–H groups in total. The number of rotatable bonds is 3. The van der Waals surface area contributed by atoms with Gasteiger partial charge in [-0.1, -0.05) is 32.9 Å². The molecule has 0 aliphatic heterocycles. The Morgan fingerprint density at radius 1 is 1.21 bits per heavy atom. The minimum Gasteiger partial charge on any atom is -0.397 e. The van der Waals surface area contributed by atoms with Crippen LogP contribution in [-0.4, -0.2) is 6.54 Å². The van der Waals surface area contributed by atoms with Crippen LogP contribution in [-0.2, 0) is 0 Å². The molecule has 1 rings (SSSR count). The lowest BCUT2D eigenvalue weighted by molar-refractivity contribution is 0.390. The van der Waals surface area contributed by atoms with E-state index in [-0.39, 0.29) is 0 Å². The topological polar surface area (TPSA) is 38.0 Å². The highest BCUT2D eigenvalue weighted by Gasteiger charge is 2.09. The molecule has 78 valence electrons. The van der Waals surface area contributed by atoms with Gasteiger partial charge in [-0.2, -0.15) is 0 Å². The quantitative estimate of drug-likeness (QED) is 0.722. The van der Waals surface area contributed by atoms with E-state index in [1.807, 2.05) is 24.3 Å². The molecular weight excluding hydrogens is 172 g/mol. The van der Waals surface area contributed by atoms with Crippen molar-refractivity contribution in [1.82, 2.24) is 0 Å². The Kier molecular flexibility index (Phi) is 3.39. The lowest BCUT2D eigenvalue weighted by Gasteiger charge is -2.19. The molecule has 2 heteroatoms. The average molecular weight is 192 g/mol. The Balaban J connectivity index is 2.43. The van der Waals surface area contributed by atoms with Crippen molar-refractivity contribution in [1.29, 1.82) is 0 Å². The van der Waals surface area contributed by atoms with Gasteiger partial charge in [-0.3, -0.25) is 0 Å². The molecular formula is C12H20N2. The van der Waals surface area contributed by atoms with E-state index in [2.05, 4.69) is 26.1 Å². The number of hydrogen-bond acceptors (Lipinski definition) is 2. The molecule has 0 fully saturated rings. The molecule has 0 saturated heterocycles. The Bertz CT molecular complexity index is 287. The van der Waals surface area contributed by atoms with Crippen molar-refractivity contribution >= 4 is 11.4 Å². The normalized spacial score (nSPS) is 11.4. The van der Waals surface area contributed by atoms with Gasteiger partial charge in [0.2, 0.25) is 0 Å². The van der Waals surface area contributed by atoms with Crippen molar-refractivity contribution in [3.05, 3.63) is 24.3 Å². The van der Waals surface area contributed by atoms with Crippen LogP contribution >= 0.6 is 0 Å². The zero-order valence-corrected chi connectivity index (χ0v) is 9.30.